The van der Waals surface area contributed by atoms with Gasteiger partial charge in [-0.25, -0.2) is 0 Å². The molecule has 18 heavy (non-hydrogen) atoms. The second-order valence-electron chi connectivity index (χ2n) is 6.83. The van der Waals surface area contributed by atoms with Crippen LogP contribution in [0.3, 0.4) is 0 Å². The third-order valence-electron chi connectivity index (χ3n) is 5.67. The fourth-order valence-electron chi connectivity index (χ4n) is 4.57. The van der Waals surface area contributed by atoms with Crippen molar-refractivity contribution < 1.29 is 0 Å². The predicted molar refractivity (Wildman–Crippen MR) is 76.8 cm³/mol. The maximum atomic E-state index is 3.77. The van der Waals surface area contributed by atoms with E-state index in [1.165, 1.54) is 70.9 Å². The second kappa shape index (κ2) is 5.92. The smallest absolute Gasteiger partial charge is 0.0125 e. The highest BCUT2D eigenvalue weighted by molar-refractivity contribution is 4.95. The minimum Gasteiger partial charge on any atom is -0.311 e. The summed E-state index contributed by atoms with van der Waals surface area (Å²) in [4.78, 5) is 2.80. The van der Waals surface area contributed by atoms with Gasteiger partial charge in [0.15, 0.2) is 0 Å². The van der Waals surface area contributed by atoms with Crippen LogP contribution in [-0.4, -0.2) is 36.1 Å². The Hall–Kier alpha value is -0.0800. The van der Waals surface area contributed by atoms with Crippen LogP contribution in [0.15, 0.2) is 0 Å². The van der Waals surface area contributed by atoms with Crippen LogP contribution in [0, 0.1) is 5.92 Å². The lowest BCUT2D eigenvalue weighted by molar-refractivity contribution is 0.139. The molecule has 0 aromatic rings. The molecule has 2 aliphatic heterocycles. The van der Waals surface area contributed by atoms with E-state index in [9.17, 15) is 0 Å². The Balaban J connectivity index is 1.48. The molecule has 104 valence electrons. The number of fused-ring (bicyclic) bond motifs is 2. The quantitative estimate of drug-likeness (QED) is 0.806. The van der Waals surface area contributed by atoms with Crippen LogP contribution in [0.1, 0.15) is 64.7 Å². The zero-order valence-electron chi connectivity index (χ0n) is 12.0. The van der Waals surface area contributed by atoms with Gasteiger partial charge in [-0.3, -0.25) is 0 Å². The van der Waals surface area contributed by atoms with Gasteiger partial charge in [0, 0.05) is 18.1 Å². The first-order chi connectivity index (χ1) is 8.85. The van der Waals surface area contributed by atoms with Crippen LogP contribution >= 0.6 is 0 Å². The van der Waals surface area contributed by atoms with Crippen LogP contribution in [0.5, 0.6) is 0 Å². The van der Waals surface area contributed by atoms with Crippen molar-refractivity contribution >= 4 is 0 Å². The molecule has 0 aromatic heterocycles. The highest BCUT2D eigenvalue weighted by atomic mass is 15.2. The van der Waals surface area contributed by atoms with Crippen molar-refractivity contribution in [3.63, 3.8) is 0 Å². The molecule has 2 unspecified atom stereocenters. The Labute approximate surface area is 113 Å². The molecule has 3 aliphatic rings. The molecule has 1 aliphatic carbocycles. The van der Waals surface area contributed by atoms with E-state index < -0.39 is 0 Å². The Kier molecular flexibility index (Phi) is 4.25. The zero-order chi connectivity index (χ0) is 12.4. The molecule has 2 saturated heterocycles. The SMILES string of the molecule is CCN(CCC1CCCC1)C1CC2CCC(C1)N2. The first-order valence-electron chi connectivity index (χ1n) is 8.35. The van der Waals surface area contributed by atoms with Gasteiger partial charge in [0.1, 0.15) is 0 Å². The summed E-state index contributed by atoms with van der Waals surface area (Å²) < 4.78 is 0. The maximum absolute atomic E-state index is 3.77. The molecule has 0 radical (unpaired) electrons. The Morgan fingerprint density at radius 1 is 1.00 bits per heavy atom. The number of nitrogens with one attached hydrogen (secondary N) is 1. The third-order valence-corrected chi connectivity index (χ3v) is 5.67. The van der Waals surface area contributed by atoms with Crippen molar-refractivity contribution in [2.24, 2.45) is 5.92 Å². The molecule has 2 heterocycles. The number of nitrogens with zero attached hydrogens (tertiary/aromatic N) is 1. The average molecular weight is 250 g/mol. The summed E-state index contributed by atoms with van der Waals surface area (Å²) in [6, 6.07) is 2.57. The van der Waals surface area contributed by atoms with Crippen LogP contribution in [-0.2, 0) is 0 Å². The van der Waals surface area contributed by atoms with Crippen LogP contribution in [0.2, 0.25) is 0 Å². The van der Waals surface area contributed by atoms with Gasteiger partial charge in [0.25, 0.3) is 0 Å². The minimum atomic E-state index is 0.842. The van der Waals surface area contributed by atoms with E-state index in [2.05, 4.69) is 17.1 Å². The van der Waals surface area contributed by atoms with Crippen LogP contribution in [0.4, 0.5) is 0 Å². The van der Waals surface area contributed by atoms with Gasteiger partial charge < -0.3 is 10.2 Å². The van der Waals surface area contributed by atoms with E-state index in [0.29, 0.717) is 0 Å². The molecule has 0 aromatic carbocycles. The summed E-state index contributed by atoms with van der Waals surface area (Å²) >= 11 is 0. The molecular weight excluding hydrogens is 220 g/mol. The van der Waals surface area contributed by atoms with Gasteiger partial charge in [-0.05, 0) is 51.1 Å². The van der Waals surface area contributed by atoms with Crippen molar-refractivity contribution in [1.82, 2.24) is 10.2 Å². The van der Waals surface area contributed by atoms with E-state index >= 15 is 0 Å². The average Bonchev–Trinajstić information content (AvgIpc) is 3.00. The molecule has 2 heteroatoms. The number of hydrogen-bond donors (Lipinski definition) is 1. The summed E-state index contributed by atoms with van der Waals surface area (Å²) in [7, 11) is 0. The maximum Gasteiger partial charge on any atom is 0.0125 e. The van der Waals surface area contributed by atoms with E-state index in [1.54, 1.807) is 0 Å². The highest BCUT2D eigenvalue weighted by Crippen LogP contribution is 2.31. The predicted octanol–water partition coefficient (Wildman–Crippen LogP) is 3.17. The number of rotatable bonds is 5. The Bertz CT molecular complexity index is 248. The van der Waals surface area contributed by atoms with Crippen LogP contribution in [0.25, 0.3) is 0 Å². The minimum absolute atomic E-state index is 0.842. The second-order valence-corrected chi connectivity index (χ2v) is 6.83. The fourth-order valence-corrected chi connectivity index (χ4v) is 4.57. The van der Waals surface area contributed by atoms with Crippen LogP contribution < -0.4 is 5.32 Å². The first-order valence-corrected chi connectivity index (χ1v) is 8.35. The Morgan fingerprint density at radius 2 is 1.67 bits per heavy atom. The fraction of sp³-hybridized carbons (Fsp3) is 1.00. The molecular formula is C16H30N2. The van der Waals surface area contributed by atoms with Crippen molar-refractivity contribution in [1.29, 1.82) is 0 Å². The molecule has 1 N–H and O–H groups in total. The molecule has 2 bridgehead atoms. The molecule has 3 fully saturated rings. The van der Waals surface area contributed by atoms with Crippen molar-refractivity contribution in [3.05, 3.63) is 0 Å². The van der Waals surface area contributed by atoms with Gasteiger partial charge in [-0.15, -0.1) is 0 Å². The normalized spacial score (nSPS) is 36.7. The lowest BCUT2D eigenvalue weighted by Gasteiger charge is -2.37. The van der Waals surface area contributed by atoms with Crippen molar-refractivity contribution in [2.45, 2.75) is 82.8 Å². The number of piperidine rings is 1. The zero-order valence-corrected chi connectivity index (χ0v) is 12.0. The largest absolute Gasteiger partial charge is 0.311 e. The topological polar surface area (TPSA) is 15.3 Å². The van der Waals surface area contributed by atoms with Gasteiger partial charge in [-0.1, -0.05) is 32.6 Å². The molecule has 0 amide bonds. The third kappa shape index (κ3) is 2.91. The molecule has 3 rings (SSSR count). The summed E-state index contributed by atoms with van der Waals surface area (Å²) in [5.41, 5.74) is 0. The summed E-state index contributed by atoms with van der Waals surface area (Å²) in [6.45, 7) is 4.99. The standard InChI is InChI=1S/C16H30N2/c1-2-18(10-9-13-5-3-4-6-13)16-11-14-7-8-15(12-16)17-14/h13-17H,2-12H2,1H3. The lowest BCUT2D eigenvalue weighted by atomic mass is 9.96. The summed E-state index contributed by atoms with van der Waals surface area (Å²) in [5.74, 6) is 1.05. The molecule has 1 saturated carbocycles. The monoisotopic (exact) mass is 250 g/mol. The van der Waals surface area contributed by atoms with Gasteiger partial charge in [-0.2, -0.15) is 0 Å². The highest BCUT2D eigenvalue weighted by Gasteiger charge is 2.35. The first kappa shape index (κ1) is 12.9. The lowest BCUT2D eigenvalue weighted by Crippen LogP contribution is -2.48. The van der Waals surface area contributed by atoms with Crippen molar-refractivity contribution in [2.75, 3.05) is 13.1 Å². The summed E-state index contributed by atoms with van der Waals surface area (Å²) in [6.07, 6.45) is 13.2. The Morgan fingerprint density at radius 3 is 2.28 bits per heavy atom. The molecule has 2 atom stereocenters. The van der Waals surface area contributed by atoms with Gasteiger partial charge in [0.05, 0.1) is 0 Å². The van der Waals surface area contributed by atoms with Crippen molar-refractivity contribution in [3.8, 4) is 0 Å². The van der Waals surface area contributed by atoms with E-state index in [0.717, 1.165) is 24.0 Å². The number of hydrogen-bond acceptors (Lipinski definition) is 2. The molecule has 2 nitrogen and oxygen atoms in total. The van der Waals surface area contributed by atoms with E-state index in [-0.39, 0.29) is 0 Å². The van der Waals surface area contributed by atoms with E-state index in [4.69, 9.17) is 0 Å². The summed E-state index contributed by atoms with van der Waals surface area (Å²) in [5, 5.41) is 3.77. The van der Waals surface area contributed by atoms with Gasteiger partial charge in [0.2, 0.25) is 0 Å². The van der Waals surface area contributed by atoms with Gasteiger partial charge >= 0.3 is 0 Å². The molecule has 0 spiro atoms. The van der Waals surface area contributed by atoms with E-state index in [1.807, 2.05) is 0 Å².